The van der Waals surface area contributed by atoms with Crippen LogP contribution in [0, 0.1) is 0 Å². The van der Waals surface area contributed by atoms with Crippen molar-refractivity contribution in [2.75, 3.05) is 31.1 Å². The molecule has 1 unspecified atom stereocenters. The maximum absolute atomic E-state index is 6.37. The molecule has 2 heterocycles. The van der Waals surface area contributed by atoms with Crippen molar-refractivity contribution in [2.24, 2.45) is 0 Å². The summed E-state index contributed by atoms with van der Waals surface area (Å²) >= 11 is 6.37. The number of fused-ring (bicyclic) bond motifs is 1. The average molecular weight is 327 g/mol. The van der Waals surface area contributed by atoms with E-state index in [1.165, 1.54) is 43.6 Å². The van der Waals surface area contributed by atoms with E-state index in [0.29, 0.717) is 0 Å². The second-order valence-electron chi connectivity index (χ2n) is 6.66. The van der Waals surface area contributed by atoms with Crippen molar-refractivity contribution in [2.45, 2.75) is 25.3 Å². The molecule has 2 aromatic carbocycles. The van der Waals surface area contributed by atoms with Gasteiger partial charge in [-0.2, -0.15) is 0 Å². The maximum Gasteiger partial charge on any atom is 0.0484 e. The van der Waals surface area contributed by atoms with Gasteiger partial charge in [0.1, 0.15) is 0 Å². The molecule has 3 heteroatoms. The van der Waals surface area contributed by atoms with Crippen LogP contribution in [0.3, 0.4) is 0 Å². The fourth-order valence-electron chi connectivity index (χ4n) is 3.96. The van der Waals surface area contributed by atoms with E-state index in [0.717, 1.165) is 29.7 Å². The van der Waals surface area contributed by atoms with Crippen LogP contribution in [-0.2, 0) is 0 Å². The Labute approximate surface area is 143 Å². The van der Waals surface area contributed by atoms with E-state index in [1.54, 1.807) is 0 Å². The monoisotopic (exact) mass is 326 g/mol. The number of benzene rings is 2. The molecule has 23 heavy (non-hydrogen) atoms. The third kappa shape index (κ3) is 3.11. The third-order valence-electron chi connectivity index (χ3n) is 5.23. The summed E-state index contributed by atoms with van der Waals surface area (Å²) in [5.74, 6) is 0. The second kappa shape index (κ2) is 6.54. The van der Waals surface area contributed by atoms with Crippen molar-refractivity contribution in [3.8, 4) is 11.1 Å². The number of hydrogen-bond acceptors (Lipinski definition) is 2. The van der Waals surface area contributed by atoms with E-state index in [-0.39, 0.29) is 0 Å². The number of piperazine rings is 1. The summed E-state index contributed by atoms with van der Waals surface area (Å²) in [5, 5.41) is 0.821. The fraction of sp³-hybridized carbons (Fsp3) is 0.400. The average Bonchev–Trinajstić information content (AvgIpc) is 2.62. The van der Waals surface area contributed by atoms with Gasteiger partial charge in [0, 0.05) is 41.9 Å². The Bertz CT molecular complexity index is 685. The Morgan fingerprint density at radius 2 is 1.83 bits per heavy atom. The molecule has 2 nitrogen and oxygen atoms in total. The number of hydrogen-bond donors (Lipinski definition) is 0. The van der Waals surface area contributed by atoms with Crippen LogP contribution in [0.2, 0.25) is 5.02 Å². The van der Waals surface area contributed by atoms with Gasteiger partial charge in [-0.1, -0.05) is 48.4 Å². The highest BCUT2D eigenvalue weighted by Crippen LogP contribution is 2.31. The SMILES string of the molecule is Clc1ccccc1-c1cccc(N2CCN3CCCCC3C2)c1. The highest BCUT2D eigenvalue weighted by Gasteiger charge is 2.28. The Hall–Kier alpha value is -1.51. The first-order valence-corrected chi connectivity index (χ1v) is 9.03. The fourth-order valence-corrected chi connectivity index (χ4v) is 4.20. The van der Waals surface area contributed by atoms with Crippen LogP contribution >= 0.6 is 11.6 Å². The molecular weight excluding hydrogens is 304 g/mol. The summed E-state index contributed by atoms with van der Waals surface area (Å²) in [6, 6.07) is 17.7. The number of nitrogens with zero attached hydrogens (tertiary/aromatic N) is 2. The maximum atomic E-state index is 6.37. The highest BCUT2D eigenvalue weighted by atomic mass is 35.5. The van der Waals surface area contributed by atoms with Gasteiger partial charge < -0.3 is 4.90 Å². The minimum atomic E-state index is 0.737. The van der Waals surface area contributed by atoms with Crippen molar-refractivity contribution >= 4 is 17.3 Å². The topological polar surface area (TPSA) is 6.48 Å². The van der Waals surface area contributed by atoms with Gasteiger partial charge in [0.15, 0.2) is 0 Å². The number of piperidine rings is 1. The van der Waals surface area contributed by atoms with E-state index in [2.05, 4.69) is 46.2 Å². The lowest BCUT2D eigenvalue weighted by atomic mass is 9.98. The molecular formula is C20H23ClN2. The van der Waals surface area contributed by atoms with Crippen molar-refractivity contribution < 1.29 is 0 Å². The lowest BCUT2D eigenvalue weighted by Crippen LogP contribution is -2.54. The number of anilines is 1. The van der Waals surface area contributed by atoms with Crippen molar-refractivity contribution in [1.29, 1.82) is 0 Å². The zero-order valence-electron chi connectivity index (χ0n) is 13.4. The predicted octanol–water partition coefficient (Wildman–Crippen LogP) is 4.68. The van der Waals surface area contributed by atoms with Gasteiger partial charge in [-0.15, -0.1) is 0 Å². The smallest absolute Gasteiger partial charge is 0.0484 e. The minimum Gasteiger partial charge on any atom is -0.369 e. The summed E-state index contributed by atoms with van der Waals surface area (Å²) in [4.78, 5) is 5.23. The molecule has 0 amide bonds. The lowest BCUT2D eigenvalue weighted by Gasteiger charge is -2.45. The summed E-state index contributed by atoms with van der Waals surface area (Å²) in [5.41, 5.74) is 3.65. The Kier molecular flexibility index (Phi) is 4.28. The molecule has 1 atom stereocenters. The van der Waals surface area contributed by atoms with Gasteiger partial charge in [0.25, 0.3) is 0 Å². The Balaban J connectivity index is 1.58. The first kappa shape index (κ1) is 15.0. The van der Waals surface area contributed by atoms with Gasteiger partial charge in [-0.3, -0.25) is 4.90 Å². The van der Waals surface area contributed by atoms with E-state index in [1.807, 2.05) is 12.1 Å². The highest BCUT2D eigenvalue weighted by molar-refractivity contribution is 6.33. The standard InChI is InChI=1S/C20H23ClN2/c21-20-10-2-1-9-19(20)16-6-5-8-17(14-16)23-13-12-22-11-4-3-7-18(22)15-23/h1-2,5-6,8-10,14,18H,3-4,7,11-13,15H2. The Morgan fingerprint density at radius 1 is 0.913 bits per heavy atom. The molecule has 0 aromatic heterocycles. The van der Waals surface area contributed by atoms with Crippen molar-refractivity contribution in [1.82, 2.24) is 4.90 Å². The zero-order chi connectivity index (χ0) is 15.6. The van der Waals surface area contributed by atoms with Crippen LogP contribution in [0.25, 0.3) is 11.1 Å². The molecule has 2 aliphatic rings. The second-order valence-corrected chi connectivity index (χ2v) is 7.07. The van der Waals surface area contributed by atoms with E-state index in [9.17, 15) is 0 Å². The molecule has 0 saturated carbocycles. The van der Waals surface area contributed by atoms with Gasteiger partial charge in [-0.25, -0.2) is 0 Å². The zero-order valence-corrected chi connectivity index (χ0v) is 14.2. The van der Waals surface area contributed by atoms with Gasteiger partial charge in [-0.05, 0) is 43.1 Å². The minimum absolute atomic E-state index is 0.737. The van der Waals surface area contributed by atoms with Crippen LogP contribution in [0.4, 0.5) is 5.69 Å². The number of halogens is 1. The molecule has 2 aliphatic heterocycles. The molecule has 0 spiro atoms. The van der Waals surface area contributed by atoms with Crippen LogP contribution in [0.15, 0.2) is 48.5 Å². The van der Waals surface area contributed by atoms with Gasteiger partial charge >= 0.3 is 0 Å². The summed E-state index contributed by atoms with van der Waals surface area (Å²) in [6.07, 6.45) is 4.11. The molecule has 2 saturated heterocycles. The molecule has 0 aliphatic carbocycles. The summed E-state index contributed by atoms with van der Waals surface area (Å²) in [7, 11) is 0. The van der Waals surface area contributed by atoms with Crippen LogP contribution in [0.1, 0.15) is 19.3 Å². The van der Waals surface area contributed by atoms with Crippen LogP contribution < -0.4 is 4.90 Å². The van der Waals surface area contributed by atoms with E-state index in [4.69, 9.17) is 11.6 Å². The lowest BCUT2D eigenvalue weighted by molar-refractivity contribution is 0.133. The van der Waals surface area contributed by atoms with E-state index < -0.39 is 0 Å². The largest absolute Gasteiger partial charge is 0.369 e. The molecule has 2 fully saturated rings. The number of rotatable bonds is 2. The molecule has 0 bridgehead atoms. The molecule has 0 N–H and O–H groups in total. The summed E-state index contributed by atoms with van der Waals surface area (Å²) in [6.45, 7) is 4.77. The molecule has 120 valence electrons. The predicted molar refractivity (Wildman–Crippen MR) is 98.3 cm³/mol. The normalized spacial score (nSPS) is 22.0. The van der Waals surface area contributed by atoms with Crippen molar-refractivity contribution in [3.63, 3.8) is 0 Å². The molecule has 2 aromatic rings. The first-order valence-electron chi connectivity index (χ1n) is 8.65. The molecule has 4 rings (SSSR count). The van der Waals surface area contributed by atoms with Gasteiger partial charge in [0.2, 0.25) is 0 Å². The quantitative estimate of drug-likeness (QED) is 0.790. The van der Waals surface area contributed by atoms with Gasteiger partial charge in [0.05, 0.1) is 0 Å². The van der Waals surface area contributed by atoms with E-state index >= 15 is 0 Å². The van der Waals surface area contributed by atoms with Crippen LogP contribution in [0.5, 0.6) is 0 Å². The van der Waals surface area contributed by atoms with Crippen LogP contribution in [-0.4, -0.2) is 37.1 Å². The third-order valence-corrected chi connectivity index (χ3v) is 5.56. The summed E-state index contributed by atoms with van der Waals surface area (Å²) < 4.78 is 0. The molecule has 0 radical (unpaired) electrons. The Morgan fingerprint density at radius 3 is 2.74 bits per heavy atom. The van der Waals surface area contributed by atoms with Crippen molar-refractivity contribution in [3.05, 3.63) is 53.6 Å². The first-order chi connectivity index (χ1) is 11.3.